The van der Waals surface area contributed by atoms with Crippen LogP contribution in [-0.2, 0) is 14.3 Å². The van der Waals surface area contributed by atoms with Crippen LogP contribution in [0, 0.1) is 5.41 Å². The summed E-state index contributed by atoms with van der Waals surface area (Å²) < 4.78 is 4.97. The van der Waals surface area contributed by atoms with Crippen molar-refractivity contribution in [3.05, 3.63) is 51.6 Å². The number of carbonyl (C=O) groups is 2. The number of nitrogens with one attached hydrogen (secondary N) is 1. The number of hydrogen-bond acceptors (Lipinski definition) is 5. The minimum atomic E-state index is -0.562. The van der Waals surface area contributed by atoms with E-state index in [0.717, 1.165) is 12.1 Å². The molecule has 1 aliphatic heterocycles. The number of aromatic nitrogens is 1. The first-order chi connectivity index (χ1) is 11.7. The zero-order valence-electron chi connectivity index (χ0n) is 14.8. The van der Waals surface area contributed by atoms with Crippen LogP contribution >= 0.6 is 11.6 Å². The second-order valence-corrected chi connectivity index (χ2v) is 7.66. The predicted octanol–water partition coefficient (Wildman–Crippen LogP) is 3.51. The SMILES string of the molecule is COC(=O)C1=C(C)NC2=C(C(=O)CC(C)(C)C2)C1c1cccnc1Cl. The molecule has 5 nitrogen and oxygen atoms in total. The molecule has 0 saturated heterocycles. The molecule has 0 bridgehead atoms. The molecule has 0 fully saturated rings. The average molecular weight is 361 g/mol. The topological polar surface area (TPSA) is 68.3 Å². The Kier molecular flexibility index (Phi) is 4.45. The van der Waals surface area contributed by atoms with Gasteiger partial charge in [0.05, 0.1) is 18.6 Å². The maximum absolute atomic E-state index is 13.0. The van der Waals surface area contributed by atoms with E-state index in [1.54, 1.807) is 18.3 Å². The zero-order valence-corrected chi connectivity index (χ0v) is 15.5. The normalized spacial score (nSPS) is 22.4. The Labute approximate surface area is 152 Å². The van der Waals surface area contributed by atoms with E-state index < -0.39 is 11.9 Å². The Hall–Kier alpha value is -2.14. The highest BCUT2D eigenvalue weighted by molar-refractivity contribution is 6.30. The first-order valence-corrected chi connectivity index (χ1v) is 8.55. The number of dihydropyridines is 1. The molecule has 1 atom stereocenters. The average Bonchev–Trinajstić information content (AvgIpc) is 2.52. The van der Waals surface area contributed by atoms with Gasteiger partial charge in [-0.15, -0.1) is 0 Å². The molecule has 2 heterocycles. The van der Waals surface area contributed by atoms with Crippen LogP contribution in [0.2, 0.25) is 5.15 Å². The second kappa shape index (κ2) is 6.30. The number of nitrogens with zero attached hydrogens (tertiary/aromatic N) is 1. The molecule has 0 radical (unpaired) electrons. The van der Waals surface area contributed by atoms with Gasteiger partial charge in [0.15, 0.2) is 5.78 Å². The van der Waals surface area contributed by atoms with Crippen LogP contribution in [0.4, 0.5) is 0 Å². The number of hydrogen-bond donors (Lipinski definition) is 1. The van der Waals surface area contributed by atoms with Crippen molar-refractivity contribution in [2.24, 2.45) is 5.41 Å². The van der Waals surface area contributed by atoms with E-state index in [1.807, 2.05) is 6.92 Å². The van der Waals surface area contributed by atoms with E-state index in [9.17, 15) is 9.59 Å². The van der Waals surface area contributed by atoms with Gasteiger partial charge < -0.3 is 10.1 Å². The highest BCUT2D eigenvalue weighted by Crippen LogP contribution is 2.47. The van der Waals surface area contributed by atoms with Crippen LogP contribution in [-0.4, -0.2) is 23.8 Å². The number of Topliss-reactive ketones (excluding diaryl/α,β-unsaturated/α-hetero) is 1. The molecule has 0 aromatic carbocycles. The van der Waals surface area contributed by atoms with Gasteiger partial charge in [0.25, 0.3) is 0 Å². The van der Waals surface area contributed by atoms with Gasteiger partial charge >= 0.3 is 5.97 Å². The van der Waals surface area contributed by atoms with Crippen molar-refractivity contribution in [2.45, 2.75) is 39.5 Å². The van der Waals surface area contributed by atoms with E-state index in [2.05, 4.69) is 24.1 Å². The smallest absolute Gasteiger partial charge is 0.336 e. The minimum Gasteiger partial charge on any atom is -0.466 e. The molecule has 1 N–H and O–H groups in total. The number of pyridine rings is 1. The Morgan fingerprint density at radius 2 is 2.12 bits per heavy atom. The lowest BCUT2D eigenvalue weighted by Crippen LogP contribution is -2.38. The lowest BCUT2D eigenvalue weighted by Gasteiger charge is -2.39. The van der Waals surface area contributed by atoms with Crippen molar-refractivity contribution in [2.75, 3.05) is 7.11 Å². The van der Waals surface area contributed by atoms with Gasteiger partial charge in [-0.3, -0.25) is 4.79 Å². The molecular formula is C19H21ClN2O3. The molecular weight excluding hydrogens is 340 g/mol. The fraction of sp³-hybridized carbons (Fsp3) is 0.421. The number of allylic oxidation sites excluding steroid dienone is 3. The van der Waals surface area contributed by atoms with Gasteiger partial charge in [-0.05, 0) is 24.8 Å². The summed E-state index contributed by atoms with van der Waals surface area (Å²) in [5.41, 5.74) is 3.06. The highest BCUT2D eigenvalue weighted by Gasteiger charge is 2.43. The number of methoxy groups -OCH3 is 1. The predicted molar refractivity (Wildman–Crippen MR) is 94.9 cm³/mol. The van der Waals surface area contributed by atoms with E-state index in [1.165, 1.54) is 7.11 Å². The first kappa shape index (κ1) is 17.7. The van der Waals surface area contributed by atoms with Crippen LogP contribution in [0.1, 0.15) is 45.1 Å². The van der Waals surface area contributed by atoms with Crippen LogP contribution < -0.4 is 5.32 Å². The maximum atomic E-state index is 13.0. The fourth-order valence-electron chi connectivity index (χ4n) is 3.74. The van der Waals surface area contributed by atoms with Gasteiger partial charge in [0, 0.05) is 35.1 Å². The standard InChI is InChI=1S/C19H21ClN2O3/c1-10-14(18(24)25-4)15(11-6-5-7-21-17(11)20)16-12(22-10)8-19(2,3)9-13(16)23/h5-7,15,22H,8-9H2,1-4H3. The molecule has 3 rings (SSSR count). The molecule has 132 valence electrons. The summed E-state index contributed by atoms with van der Waals surface area (Å²) in [5.74, 6) is -1.01. The number of rotatable bonds is 2. The van der Waals surface area contributed by atoms with Gasteiger partial charge in [-0.25, -0.2) is 9.78 Å². The van der Waals surface area contributed by atoms with Crippen molar-refractivity contribution in [1.29, 1.82) is 0 Å². The first-order valence-electron chi connectivity index (χ1n) is 8.18. The molecule has 0 amide bonds. The number of ether oxygens (including phenoxy) is 1. The molecule has 1 aromatic heterocycles. The van der Waals surface area contributed by atoms with E-state index >= 15 is 0 Å². The van der Waals surface area contributed by atoms with Gasteiger partial charge in [0.1, 0.15) is 5.15 Å². The van der Waals surface area contributed by atoms with Crippen molar-refractivity contribution >= 4 is 23.4 Å². The summed E-state index contributed by atoms with van der Waals surface area (Å²) in [6.45, 7) is 5.95. The molecule has 1 aromatic rings. The number of ketones is 1. The number of halogens is 1. The number of carbonyl (C=O) groups excluding carboxylic acids is 2. The lowest BCUT2D eigenvalue weighted by atomic mass is 9.69. The van der Waals surface area contributed by atoms with Crippen LogP contribution in [0.25, 0.3) is 0 Å². The lowest BCUT2D eigenvalue weighted by molar-refractivity contribution is -0.136. The highest BCUT2D eigenvalue weighted by atomic mass is 35.5. The van der Waals surface area contributed by atoms with Crippen molar-refractivity contribution in [3.8, 4) is 0 Å². The van der Waals surface area contributed by atoms with Crippen molar-refractivity contribution in [3.63, 3.8) is 0 Å². The van der Waals surface area contributed by atoms with Gasteiger partial charge in [0.2, 0.25) is 0 Å². The summed E-state index contributed by atoms with van der Waals surface area (Å²) in [5, 5.41) is 3.55. The summed E-state index contributed by atoms with van der Waals surface area (Å²) >= 11 is 6.31. The summed E-state index contributed by atoms with van der Waals surface area (Å²) in [6, 6.07) is 3.56. The molecule has 0 spiro atoms. The van der Waals surface area contributed by atoms with Crippen LogP contribution in [0.3, 0.4) is 0 Å². The third-order valence-corrected chi connectivity index (χ3v) is 5.06. The quantitative estimate of drug-likeness (QED) is 0.645. The van der Waals surface area contributed by atoms with E-state index in [4.69, 9.17) is 16.3 Å². The molecule has 1 aliphatic carbocycles. The third-order valence-electron chi connectivity index (χ3n) is 4.74. The van der Waals surface area contributed by atoms with Crippen molar-refractivity contribution in [1.82, 2.24) is 10.3 Å². The Morgan fingerprint density at radius 1 is 1.40 bits per heavy atom. The van der Waals surface area contributed by atoms with Gasteiger partial charge in [-0.1, -0.05) is 31.5 Å². The van der Waals surface area contributed by atoms with E-state index in [-0.39, 0.29) is 16.4 Å². The molecule has 6 heteroatoms. The molecule has 2 aliphatic rings. The third kappa shape index (κ3) is 3.09. The fourth-order valence-corrected chi connectivity index (χ4v) is 3.97. The summed E-state index contributed by atoms with van der Waals surface area (Å²) in [7, 11) is 1.33. The zero-order chi connectivity index (χ0) is 18.4. The second-order valence-electron chi connectivity index (χ2n) is 7.30. The molecule has 25 heavy (non-hydrogen) atoms. The van der Waals surface area contributed by atoms with Crippen LogP contribution in [0.5, 0.6) is 0 Å². The van der Waals surface area contributed by atoms with Crippen LogP contribution in [0.15, 0.2) is 40.9 Å². The summed E-state index contributed by atoms with van der Waals surface area (Å²) in [6.07, 6.45) is 2.74. The minimum absolute atomic E-state index is 0.0255. The van der Waals surface area contributed by atoms with E-state index in [0.29, 0.717) is 28.8 Å². The monoisotopic (exact) mass is 360 g/mol. The van der Waals surface area contributed by atoms with Crippen molar-refractivity contribution < 1.29 is 14.3 Å². The largest absolute Gasteiger partial charge is 0.466 e. The Morgan fingerprint density at radius 3 is 2.76 bits per heavy atom. The number of esters is 1. The molecule has 0 saturated carbocycles. The Balaban J connectivity index is 2.24. The maximum Gasteiger partial charge on any atom is 0.336 e. The summed E-state index contributed by atoms with van der Waals surface area (Å²) in [4.78, 5) is 29.6. The molecule has 1 unspecified atom stereocenters. The Bertz CT molecular complexity index is 824. The van der Waals surface area contributed by atoms with Gasteiger partial charge in [-0.2, -0.15) is 0 Å².